The van der Waals surface area contributed by atoms with E-state index in [0.29, 0.717) is 26.3 Å². The first-order valence-corrected chi connectivity index (χ1v) is 12.4. The molecule has 0 bridgehead atoms. The molecule has 0 unspecified atom stereocenters. The average Bonchev–Trinajstić information content (AvgIpc) is 3.08. The molecule has 174 valence electrons. The maximum absolute atomic E-state index is 13.0. The second-order valence-corrected chi connectivity index (χ2v) is 10.3. The number of nitrogens with one attached hydrogen (secondary N) is 3. The van der Waals surface area contributed by atoms with Gasteiger partial charge in [-0.15, -0.1) is 0 Å². The molecule has 2 aromatic carbocycles. The number of amides is 2. The van der Waals surface area contributed by atoms with Gasteiger partial charge in [0.2, 0.25) is 15.9 Å². The molecule has 3 N–H and O–H groups in total. The van der Waals surface area contributed by atoms with Crippen LogP contribution in [0, 0.1) is 6.92 Å². The summed E-state index contributed by atoms with van der Waals surface area (Å²) in [6, 6.07) is 11.2. The maximum atomic E-state index is 13.0. The summed E-state index contributed by atoms with van der Waals surface area (Å²) in [4.78, 5) is 25.4. The number of aromatic nitrogens is 1. The number of aryl methyl sites for hydroxylation is 1. The number of benzene rings is 2. The Hall–Kier alpha value is -2.66. The number of hydrogen-bond acceptors (Lipinski definition) is 4. The van der Waals surface area contributed by atoms with Crippen LogP contribution in [0.25, 0.3) is 11.1 Å². The number of carbonyl (C=O) groups excluding carboxylic acids is 2. The fourth-order valence-electron chi connectivity index (χ4n) is 3.24. The lowest BCUT2D eigenvalue weighted by molar-refractivity contribution is -0.115. The van der Waals surface area contributed by atoms with Gasteiger partial charge in [-0.1, -0.05) is 29.8 Å². The first-order chi connectivity index (χ1) is 15.5. The standard InChI is InChI=1S/C22H22BrClN4O4S/c1-13-20(17(12-28(13)3)16-8-5-9-18(24)21(16)23)22(30)26-11-19(29)27-14-6-4-7-15(10-14)33(31,32)25-2/h4-10,12,25H,11H2,1-3H3,(H,26,30)(H,27,29). The van der Waals surface area contributed by atoms with E-state index >= 15 is 0 Å². The predicted octanol–water partition coefficient (Wildman–Crippen LogP) is 3.69. The Bertz CT molecular complexity index is 1340. The molecule has 0 aliphatic rings. The lowest BCUT2D eigenvalue weighted by Crippen LogP contribution is -2.33. The maximum Gasteiger partial charge on any atom is 0.254 e. The van der Waals surface area contributed by atoms with Crippen molar-refractivity contribution in [1.82, 2.24) is 14.6 Å². The molecule has 0 spiro atoms. The number of hydrogen-bond donors (Lipinski definition) is 3. The molecule has 8 nitrogen and oxygen atoms in total. The topological polar surface area (TPSA) is 109 Å². The molecule has 33 heavy (non-hydrogen) atoms. The normalized spacial score (nSPS) is 11.3. The lowest BCUT2D eigenvalue weighted by Gasteiger charge is -2.11. The summed E-state index contributed by atoms with van der Waals surface area (Å²) in [6.45, 7) is 1.51. The zero-order chi connectivity index (χ0) is 24.3. The van der Waals surface area contributed by atoms with Gasteiger partial charge in [-0.3, -0.25) is 9.59 Å². The molecule has 0 aliphatic heterocycles. The third kappa shape index (κ3) is 5.47. The SMILES string of the molecule is CNS(=O)(=O)c1cccc(NC(=O)CNC(=O)c2c(-c3cccc(Cl)c3Br)cn(C)c2C)c1. The Morgan fingerprint density at radius 2 is 1.82 bits per heavy atom. The molecule has 1 heterocycles. The van der Waals surface area contributed by atoms with Crippen LogP contribution in [-0.2, 0) is 21.9 Å². The van der Waals surface area contributed by atoms with Crippen LogP contribution in [0.4, 0.5) is 5.69 Å². The van der Waals surface area contributed by atoms with Crippen molar-refractivity contribution in [2.24, 2.45) is 7.05 Å². The molecule has 0 radical (unpaired) electrons. The van der Waals surface area contributed by atoms with Crippen LogP contribution in [0.5, 0.6) is 0 Å². The zero-order valence-corrected chi connectivity index (χ0v) is 21.2. The molecule has 3 rings (SSSR count). The average molecular weight is 554 g/mol. The van der Waals surface area contributed by atoms with E-state index in [2.05, 4.69) is 31.3 Å². The third-order valence-electron chi connectivity index (χ3n) is 5.06. The number of halogens is 2. The second-order valence-electron chi connectivity index (χ2n) is 7.18. The monoisotopic (exact) mass is 552 g/mol. The smallest absolute Gasteiger partial charge is 0.254 e. The number of nitrogens with zero attached hydrogens (tertiary/aromatic N) is 1. The molecule has 0 saturated carbocycles. The van der Waals surface area contributed by atoms with Gasteiger partial charge in [0.15, 0.2) is 0 Å². The fourth-order valence-corrected chi connectivity index (χ4v) is 4.67. The molecule has 0 atom stereocenters. The first kappa shape index (κ1) is 25.0. The van der Waals surface area contributed by atoms with Gasteiger partial charge in [-0.2, -0.15) is 0 Å². The van der Waals surface area contributed by atoms with Crippen LogP contribution in [0.2, 0.25) is 5.02 Å². The summed E-state index contributed by atoms with van der Waals surface area (Å²) in [7, 11) is -0.515. The highest BCUT2D eigenvalue weighted by Crippen LogP contribution is 2.37. The highest BCUT2D eigenvalue weighted by molar-refractivity contribution is 9.10. The molecule has 0 aliphatic carbocycles. The molecule has 0 saturated heterocycles. The van der Waals surface area contributed by atoms with Gasteiger partial charge in [0.1, 0.15) is 0 Å². The lowest BCUT2D eigenvalue weighted by atomic mass is 10.0. The molecular formula is C22H22BrClN4O4S. The van der Waals surface area contributed by atoms with Gasteiger partial charge in [-0.25, -0.2) is 13.1 Å². The van der Waals surface area contributed by atoms with E-state index in [9.17, 15) is 18.0 Å². The van der Waals surface area contributed by atoms with Gasteiger partial charge in [-0.05, 0) is 59.7 Å². The molecule has 0 fully saturated rings. The van der Waals surface area contributed by atoms with Crippen LogP contribution < -0.4 is 15.4 Å². The summed E-state index contributed by atoms with van der Waals surface area (Å²) in [5.74, 6) is -0.918. The minimum absolute atomic E-state index is 0.0171. The highest BCUT2D eigenvalue weighted by Gasteiger charge is 2.22. The van der Waals surface area contributed by atoms with E-state index < -0.39 is 21.8 Å². The minimum atomic E-state index is -3.65. The van der Waals surface area contributed by atoms with Crippen LogP contribution in [-0.4, -0.2) is 38.4 Å². The van der Waals surface area contributed by atoms with Gasteiger partial charge in [0.25, 0.3) is 5.91 Å². The summed E-state index contributed by atoms with van der Waals surface area (Å²) < 4.78 is 28.6. The predicted molar refractivity (Wildman–Crippen MR) is 132 cm³/mol. The number of carbonyl (C=O) groups is 2. The van der Waals surface area contributed by atoms with E-state index in [1.165, 1.54) is 25.2 Å². The Morgan fingerprint density at radius 1 is 1.12 bits per heavy atom. The van der Waals surface area contributed by atoms with E-state index in [-0.39, 0.29) is 11.4 Å². The van der Waals surface area contributed by atoms with Gasteiger partial charge in [0.05, 0.1) is 22.0 Å². The van der Waals surface area contributed by atoms with E-state index in [1.807, 2.05) is 30.8 Å². The summed E-state index contributed by atoms with van der Waals surface area (Å²) in [6.07, 6.45) is 1.83. The van der Waals surface area contributed by atoms with Crippen LogP contribution in [0.3, 0.4) is 0 Å². The molecule has 11 heteroatoms. The Morgan fingerprint density at radius 3 is 2.52 bits per heavy atom. The van der Waals surface area contributed by atoms with E-state index in [4.69, 9.17) is 11.6 Å². The van der Waals surface area contributed by atoms with Crippen molar-refractivity contribution in [3.8, 4) is 11.1 Å². The summed E-state index contributed by atoms with van der Waals surface area (Å²) in [5, 5.41) is 5.74. The summed E-state index contributed by atoms with van der Waals surface area (Å²) in [5.41, 5.74) is 2.87. The van der Waals surface area contributed by atoms with Gasteiger partial charge < -0.3 is 15.2 Å². The van der Waals surface area contributed by atoms with Crippen molar-refractivity contribution < 1.29 is 18.0 Å². The van der Waals surface area contributed by atoms with Crippen molar-refractivity contribution in [2.45, 2.75) is 11.8 Å². The fraction of sp³-hybridized carbons (Fsp3) is 0.182. The quantitative estimate of drug-likeness (QED) is 0.415. The van der Waals surface area contributed by atoms with Gasteiger partial charge >= 0.3 is 0 Å². The van der Waals surface area contributed by atoms with Crippen LogP contribution >= 0.6 is 27.5 Å². The summed E-state index contributed by atoms with van der Waals surface area (Å²) >= 11 is 9.70. The molecular weight excluding hydrogens is 532 g/mol. The van der Waals surface area contributed by atoms with Crippen LogP contribution in [0.15, 0.2) is 58.0 Å². The van der Waals surface area contributed by atoms with Gasteiger partial charge in [0, 0.05) is 34.7 Å². The molecule has 3 aromatic rings. The highest BCUT2D eigenvalue weighted by atomic mass is 79.9. The van der Waals surface area contributed by atoms with Crippen molar-refractivity contribution in [1.29, 1.82) is 0 Å². The Balaban J connectivity index is 1.76. The number of sulfonamides is 1. The number of anilines is 1. The minimum Gasteiger partial charge on any atom is -0.353 e. The van der Waals surface area contributed by atoms with Crippen molar-refractivity contribution in [2.75, 3.05) is 18.9 Å². The Kier molecular flexibility index (Phi) is 7.63. The number of rotatable bonds is 7. The third-order valence-corrected chi connectivity index (χ3v) is 7.87. The van der Waals surface area contributed by atoms with Crippen molar-refractivity contribution in [3.05, 3.63) is 69.4 Å². The largest absolute Gasteiger partial charge is 0.353 e. The molecule has 1 aromatic heterocycles. The molecule has 2 amide bonds. The Labute approximate surface area is 205 Å². The van der Waals surface area contributed by atoms with E-state index in [0.717, 1.165) is 11.3 Å². The first-order valence-electron chi connectivity index (χ1n) is 9.77. The second kappa shape index (κ2) is 10.1. The van der Waals surface area contributed by atoms with Crippen LogP contribution in [0.1, 0.15) is 16.1 Å². The zero-order valence-electron chi connectivity index (χ0n) is 18.1. The van der Waals surface area contributed by atoms with Crippen molar-refractivity contribution in [3.63, 3.8) is 0 Å². The van der Waals surface area contributed by atoms with Crippen molar-refractivity contribution >= 4 is 55.1 Å². The van der Waals surface area contributed by atoms with E-state index in [1.54, 1.807) is 18.2 Å².